The van der Waals surface area contributed by atoms with Crippen molar-refractivity contribution in [2.24, 2.45) is 5.92 Å². The Hall–Kier alpha value is -0.0400. The SMILES string of the molecule is CCC1CCCCC1NC(C)(C)CC. The molecule has 1 aliphatic rings. The van der Waals surface area contributed by atoms with Crippen LogP contribution >= 0.6 is 0 Å². The quantitative estimate of drug-likeness (QED) is 0.724. The molecule has 84 valence electrons. The lowest BCUT2D eigenvalue weighted by atomic mass is 9.81. The smallest absolute Gasteiger partial charge is 0.0125 e. The molecule has 0 aromatic carbocycles. The third kappa shape index (κ3) is 3.27. The summed E-state index contributed by atoms with van der Waals surface area (Å²) in [5, 5.41) is 3.85. The summed E-state index contributed by atoms with van der Waals surface area (Å²) in [6.45, 7) is 9.27. The summed E-state index contributed by atoms with van der Waals surface area (Å²) in [6.07, 6.45) is 8.27. The summed E-state index contributed by atoms with van der Waals surface area (Å²) in [4.78, 5) is 0. The molecule has 1 heteroatoms. The number of nitrogens with one attached hydrogen (secondary N) is 1. The normalized spacial score (nSPS) is 29.1. The van der Waals surface area contributed by atoms with E-state index >= 15 is 0 Å². The van der Waals surface area contributed by atoms with Crippen LogP contribution < -0.4 is 5.32 Å². The molecule has 1 N–H and O–H groups in total. The highest BCUT2D eigenvalue weighted by molar-refractivity contribution is 4.87. The third-order valence-electron chi connectivity index (χ3n) is 3.89. The second-order valence-corrected chi connectivity index (χ2v) is 5.44. The highest BCUT2D eigenvalue weighted by atomic mass is 15.0. The molecule has 0 spiro atoms. The molecule has 14 heavy (non-hydrogen) atoms. The van der Waals surface area contributed by atoms with Crippen LogP contribution in [0.4, 0.5) is 0 Å². The molecule has 1 nitrogen and oxygen atoms in total. The van der Waals surface area contributed by atoms with Gasteiger partial charge in [-0.1, -0.05) is 33.1 Å². The summed E-state index contributed by atoms with van der Waals surface area (Å²) >= 11 is 0. The zero-order valence-corrected chi connectivity index (χ0v) is 10.4. The van der Waals surface area contributed by atoms with Gasteiger partial charge in [0.05, 0.1) is 0 Å². The fourth-order valence-electron chi connectivity index (χ4n) is 2.49. The molecule has 2 atom stereocenters. The molecule has 0 aromatic heterocycles. The summed E-state index contributed by atoms with van der Waals surface area (Å²) in [7, 11) is 0. The Labute approximate surface area is 89.7 Å². The zero-order chi connectivity index (χ0) is 10.6. The fraction of sp³-hybridized carbons (Fsp3) is 1.00. The van der Waals surface area contributed by atoms with Crippen LogP contribution in [0.5, 0.6) is 0 Å². The maximum absolute atomic E-state index is 3.85. The van der Waals surface area contributed by atoms with E-state index in [2.05, 4.69) is 33.0 Å². The minimum atomic E-state index is 0.329. The van der Waals surface area contributed by atoms with Gasteiger partial charge in [-0.3, -0.25) is 0 Å². The van der Waals surface area contributed by atoms with Crippen LogP contribution in [0.25, 0.3) is 0 Å². The van der Waals surface area contributed by atoms with Crippen molar-refractivity contribution in [1.29, 1.82) is 0 Å². The van der Waals surface area contributed by atoms with E-state index in [9.17, 15) is 0 Å². The molecule has 1 fully saturated rings. The van der Waals surface area contributed by atoms with Crippen molar-refractivity contribution < 1.29 is 0 Å². The highest BCUT2D eigenvalue weighted by Crippen LogP contribution is 2.28. The minimum absolute atomic E-state index is 0.329. The summed E-state index contributed by atoms with van der Waals surface area (Å²) in [5.41, 5.74) is 0.329. The van der Waals surface area contributed by atoms with Crippen molar-refractivity contribution >= 4 is 0 Å². The second kappa shape index (κ2) is 5.16. The van der Waals surface area contributed by atoms with Crippen molar-refractivity contribution in [3.8, 4) is 0 Å². The Morgan fingerprint density at radius 2 is 1.79 bits per heavy atom. The monoisotopic (exact) mass is 197 g/mol. The summed E-state index contributed by atoms with van der Waals surface area (Å²) in [6, 6.07) is 0.781. The van der Waals surface area contributed by atoms with Gasteiger partial charge in [-0.2, -0.15) is 0 Å². The standard InChI is InChI=1S/C13H27N/c1-5-11-9-7-8-10-12(11)14-13(3,4)6-2/h11-12,14H,5-10H2,1-4H3. The molecule has 0 radical (unpaired) electrons. The first kappa shape index (κ1) is 12.0. The van der Waals surface area contributed by atoms with Crippen LogP contribution in [-0.4, -0.2) is 11.6 Å². The summed E-state index contributed by atoms with van der Waals surface area (Å²) in [5.74, 6) is 0.926. The third-order valence-corrected chi connectivity index (χ3v) is 3.89. The van der Waals surface area contributed by atoms with Gasteiger partial charge in [-0.25, -0.2) is 0 Å². The molecule has 0 saturated heterocycles. The van der Waals surface area contributed by atoms with Crippen LogP contribution in [0.2, 0.25) is 0 Å². The van der Waals surface area contributed by atoms with Gasteiger partial charge in [-0.05, 0) is 39.0 Å². The van der Waals surface area contributed by atoms with Gasteiger partial charge in [0.15, 0.2) is 0 Å². The second-order valence-electron chi connectivity index (χ2n) is 5.44. The van der Waals surface area contributed by atoms with Gasteiger partial charge < -0.3 is 5.32 Å². The number of rotatable bonds is 4. The zero-order valence-electron chi connectivity index (χ0n) is 10.4. The average molecular weight is 197 g/mol. The Morgan fingerprint density at radius 3 is 2.36 bits per heavy atom. The lowest BCUT2D eigenvalue weighted by molar-refractivity contribution is 0.202. The van der Waals surface area contributed by atoms with Crippen LogP contribution in [0.15, 0.2) is 0 Å². The van der Waals surface area contributed by atoms with Crippen molar-refractivity contribution in [3.63, 3.8) is 0 Å². The molecule has 1 rings (SSSR count). The Bertz CT molecular complexity index is 163. The van der Waals surface area contributed by atoms with Gasteiger partial charge in [0.2, 0.25) is 0 Å². The van der Waals surface area contributed by atoms with Crippen molar-refractivity contribution in [2.45, 2.75) is 77.8 Å². The largest absolute Gasteiger partial charge is 0.309 e. The van der Waals surface area contributed by atoms with E-state index in [-0.39, 0.29) is 0 Å². The van der Waals surface area contributed by atoms with Crippen molar-refractivity contribution in [3.05, 3.63) is 0 Å². The van der Waals surface area contributed by atoms with E-state index in [0.29, 0.717) is 5.54 Å². The van der Waals surface area contributed by atoms with Crippen molar-refractivity contribution in [2.75, 3.05) is 0 Å². The molecule has 0 aromatic rings. The average Bonchev–Trinajstić information content (AvgIpc) is 2.18. The highest BCUT2D eigenvalue weighted by Gasteiger charge is 2.27. The molecular weight excluding hydrogens is 170 g/mol. The fourth-order valence-corrected chi connectivity index (χ4v) is 2.49. The molecule has 0 aliphatic heterocycles. The first-order chi connectivity index (χ1) is 6.59. The molecule has 0 bridgehead atoms. The molecule has 2 unspecified atom stereocenters. The van der Waals surface area contributed by atoms with Crippen LogP contribution in [0.1, 0.15) is 66.2 Å². The number of hydrogen-bond donors (Lipinski definition) is 1. The summed E-state index contributed by atoms with van der Waals surface area (Å²) < 4.78 is 0. The Kier molecular flexibility index (Phi) is 4.43. The predicted molar refractivity (Wildman–Crippen MR) is 63.5 cm³/mol. The Morgan fingerprint density at radius 1 is 1.14 bits per heavy atom. The molecular formula is C13H27N. The van der Waals surface area contributed by atoms with Gasteiger partial charge >= 0.3 is 0 Å². The van der Waals surface area contributed by atoms with Gasteiger partial charge in [0.25, 0.3) is 0 Å². The first-order valence-electron chi connectivity index (χ1n) is 6.36. The lowest BCUT2D eigenvalue weighted by Gasteiger charge is -2.38. The van der Waals surface area contributed by atoms with Crippen LogP contribution in [0.3, 0.4) is 0 Å². The Balaban J connectivity index is 2.48. The molecule has 0 amide bonds. The van der Waals surface area contributed by atoms with E-state index in [1.165, 1.54) is 38.5 Å². The molecule has 1 aliphatic carbocycles. The van der Waals surface area contributed by atoms with Gasteiger partial charge in [-0.15, -0.1) is 0 Å². The van der Waals surface area contributed by atoms with Crippen LogP contribution in [0, 0.1) is 5.92 Å². The lowest BCUT2D eigenvalue weighted by Crippen LogP contribution is -2.49. The van der Waals surface area contributed by atoms with Crippen LogP contribution in [-0.2, 0) is 0 Å². The molecule has 0 heterocycles. The number of hydrogen-bond acceptors (Lipinski definition) is 1. The van der Waals surface area contributed by atoms with E-state index in [4.69, 9.17) is 0 Å². The maximum atomic E-state index is 3.85. The predicted octanol–water partition coefficient (Wildman–Crippen LogP) is 3.73. The van der Waals surface area contributed by atoms with E-state index < -0.39 is 0 Å². The van der Waals surface area contributed by atoms with E-state index in [1.54, 1.807) is 0 Å². The first-order valence-corrected chi connectivity index (χ1v) is 6.36. The topological polar surface area (TPSA) is 12.0 Å². The maximum Gasteiger partial charge on any atom is 0.0125 e. The van der Waals surface area contributed by atoms with Crippen molar-refractivity contribution in [1.82, 2.24) is 5.32 Å². The van der Waals surface area contributed by atoms with Gasteiger partial charge in [0, 0.05) is 11.6 Å². The van der Waals surface area contributed by atoms with E-state index in [0.717, 1.165) is 12.0 Å². The van der Waals surface area contributed by atoms with Gasteiger partial charge in [0.1, 0.15) is 0 Å². The van der Waals surface area contributed by atoms with E-state index in [1.807, 2.05) is 0 Å². The molecule has 1 saturated carbocycles. The minimum Gasteiger partial charge on any atom is -0.309 e.